The van der Waals surface area contributed by atoms with Gasteiger partial charge >= 0.3 is 0 Å². The lowest BCUT2D eigenvalue weighted by Crippen LogP contribution is -2.25. The van der Waals surface area contributed by atoms with Crippen LogP contribution in [0.1, 0.15) is 47.4 Å². The van der Waals surface area contributed by atoms with E-state index in [1.165, 1.54) is 12.8 Å². The largest absolute Gasteiger partial charge is 0.490 e. The van der Waals surface area contributed by atoms with E-state index in [0.29, 0.717) is 18.3 Å². The summed E-state index contributed by atoms with van der Waals surface area (Å²) >= 11 is 0. The monoisotopic (exact) mass is 362 g/mol. The average molecular weight is 363 g/mol. The zero-order chi connectivity index (χ0) is 16.4. The van der Waals surface area contributed by atoms with Crippen LogP contribution in [0.5, 0.6) is 5.75 Å². The number of benzene rings is 1. The summed E-state index contributed by atoms with van der Waals surface area (Å²) in [5, 5.41) is 13.4. The van der Waals surface area contributed by atoms with Gasteiger partial charge in [-0.2, -0.15) is 5.10 Å². The predicted octanol–water partition coefficient (Wildman–Crippen LogP) is 3.05. The highest BCUT2D eigenvalue weighted by Crippen LogP contribution is 2.26. The molecule has 4 rings (SSSR count). The molecule has 1 fully saturated rings. The molecule has 0 bridgehead atoms. The fraction of sp³-hybridized carbons (Fsp3) is 0.444. The van der Waals surface area contributed by atoms with Gasteiger partial charge < -0.3 is 15.4 Å². The molecule has 3 N–H and O–H groups in total. The second-order valence-corrected chi connectivity index (χ2v) is 6.46. The van der Waals surface area contributed by atoms with Gasteiger partial charge in [-0.15, -0.1) is 12.4 Å². The third kappa shape index (κ3) is 3.96. The highest BCUT2D eigenvalue weighted by molar-refractivity contribution is 6.04. The number of fused-ring (bicyclic) bond motifs is 1. The Balaban J connectivity index is 0.00000182. The molecule has 2 heterocycles. The Hall–Kier alpha value is -2.05. The van der Waals surface area contributed by atoms with Gasteiger partial charge in [-0.05, 0) is 37.8 Å². The highest BCUT2D eigenvalue weighted by atomic mass is 35.5. The third-order valence-corrected chi connectivity index (χ3v) is 4.72. The molecular formula is C18H23ClN4O2. The van der Waals surface area contributed by atoms with E-state index in [-0.39, 0.29) is 18.3 Å². The molecule has 1 aliphatic heterocycles. The molecular weight excluding hydrogens is 340 g/mol. The molecule has 1 saturated carbocycles. The van der Waals surface area contributed by atoms with Crippen molar-refractivity contribution in [3.8, 4) is 5.75 Å². The van der Waals surface area contributed by atoms with E-state index < -0.39 is 0 Å². The normalized spacial score (nSPS) is 16.8. The van der Waals surface area contributed by atoms with Crippen molar-refractivity contribution in [2.45, 2.75) is 44.8 Å². The van der Waals surface area contributed by atoms with Gasteiger partial charge in [0.2, 0.25) is 0 Å². The van der Waals surface area contributed by atoms with Crippen molar-refractivity contribution in [1.82, 2.24) is 15.5 Å². The lowest BCUT2D eigenvalue weighted by molar-refractivity contribution is 0.102. The Morgan fingerprint density at radius 3 is 2.96 bits per heavy atom. The van der Waals surface area contributed by atoms with Gasteiger partial charge in [0.05, 0.1) is 6.10 Å². The number of amides is 1. The van der Waals surface area contributed by atoms with Crippen LogP contribution in [0.2, 0.25) is 0 Å². The molecule has 0 unspecified atom stereocenters. The first-order valence-corrected chi connectivity index (χ1v) is 8.64. The maximum absolute atomic E-state index is 12.5. The fourth-order valence-electron chi connectivity index (χ4n) is 3.45. The molecule has 0 atom stereocenters. The van der Waals surface area contributed by atoms with Crippen molar-refractivity contribution in [2.24, 2.45) is 0 Å². The van der Waals surface area contributed by atoms with Crippen LogP contribution in [-0.4, -0.2) is 28.8 Å². The Bertz CT molecular complexity index is 740. The summed E-state index contributed by atoms with van der Waals surface area (Å²) in [7, 11) is 0. The van der Waals surface area contributed by atoms with E-state index in [1.807, 2.05) is 24.3 Å². The molecule has 2 aromatic rings. The summed E-state index contributed by atoms with van der Waals surface area (Å²) < 4.78 is 6.00. The number of carbonyl (C=O) groups is 1. The van der Waals surface area contributed by atoms with Crippen LogP contribution >= 0.6 is 12.4 Å². The van der Waals surface area contributed by atoms with Gasteiger partial charge in [0, 0.05) is 42.5 Å². The van der Waals surface area contributed by atoms with Gasteiger partial charge in [0.25, 0.3) is 5.91 Å². The van der Waals surface area contributed by atoms with Crippen molar-refractivity contribution in [3.63, 3.8) is 0 Å². The molecule has 1 amide bonds. The minimum atomic E-state index is -0.186. The molecule has 0 spiro atoms. The summed E-state index contributed by atoms with van der Waals surface area (Å²) in [6, 6.07) is 7.60. The molecule has 1 aromatic carbocycles. The van der Waals surface area contributed by atoms with Crippen molar-refractivity contribution in [3.05, 3.63) is 41.2 Å². The van der Waals surface area contributed by atoms with Crippen molar-refractivity contribution in [2.75, 3.05) is 11.9 Å². The number of anilines is 1. The Morgan fingerprint density at radius 1 is 1.28 bits per heavy atom. The zero-order valence-corrected chi connectivity index (χ0v) is 14.8. The van der Waals surface area contributed by atoms with Crippen LogP contribution in [0.3, 0.4) is 0 Å². The van der Waals surface area contributed by atoms with E-state index in [9.17, 15) is 4.79 Å². The number of hydrogen-bond donors (Lipinski definition) is 3. The number of ether oxygens (including phenoxy) is 1. The van der Waals surface area contributed by atoms with Crippen LogP contribution in [0.4, 0.5) is 5.69 Å². The van der Waals surface area contributed by atoms with E-state index >= 15 is 0 Å². The number of hydrogen-bond acceptors (Lipinski definition) is 4. The SMILES string of the molecule is Cl.O=C(Nc1cccc(OC2CCCC2)c1)c1n[nH]c2c1CNCC2. The van der Waals surface area contributed by atoms with Crippen LogP contribution in [0, 0.1) is 0 Å². The van der Waals surface area contributed by atoms with Gasteiger partial charge in [-0.3, -0.25) is 9.89 Å². The number of halogens is 1. The quantitative estimate of drug-likeness (QED) is 0.781. The summed E-state index contributed by atoms with van der Waals surface area (Å²) in [5.74, 6) is 0.625. The lowest BCUT2D eigenvalue weighted by atomic mass is 10.1. The van der Waals surface area contributed by atoms with Crippen molar-refractivity contribution < 1.29 is 9.53 Å². The van der Waals surface area contributed by atoms with Crippen LogP contribution < -0.4 is 15.4 Å². The second kappa shape index (κ2) is 7.89. The maximum atomic E-state index is 12.5. The minimum absolute atomic E-state index is 0. The van der Waals surface area contributed by atoms with E-state index in [2.05, 4.69) is 20.8 Å². The number of nitrogens with one attached hydrogen (secondary N) is 3. The number of carbonyl (C=O) groups excluding carboxylic acids is 1. The molecule has 0 saturated heterocycles. The van der Waals surface area contributed by atoms with Crippen LogP contribution in [0.25, 0.3) is 0 Å². The molecule has 25 heavy (non-hydrogen) atoms. The van der Waals surface area contributed by atoms with Gasteiger partial charge in [-0.25, -0.2) is 0 Å². The van der Waals surface area contributed by atoms with E-state index in [1.54, 1.807) is 0 Å². The smallest absolute Gasteiger partial charge is 0.276 e. The second-order valence-electron chi connectivity index (χ2n) is 6.46. The Labute approximate surface area is 153 Å². The Kier molecular flexibility index (Phi) is 5.60. The fourth-order valence-corrected chi connectivity index (χ4v) is 3.45. The highest BCUT2D eigenvalue weighted by Gasteiger charge is 2.22. The van der Waals surface area contributed by atoms with Crippen molar-refractivity contribution >= 4 is 24.0 Å². The third-order valence-electron chi connectivity index (χ3n) is 4.72. The first-order valence-electron chi connectivity index (χ1n) is 8.64. The summed E-state index contributed by atoms with van der Waals surface area (Å²) in [6.07, 6.45) is 5.88. The number of aromatic nitrogens is 2. The van der Waals surface area contributed by atoms with E-state index in [0.717, 1.165) is 48.5 Å². The van der Waals surface area contributed by atoms with Crippen molar-refractivity contribution in [1.29, 1.82) is 0 Å². The van der Waals surface area contributed by atoms with Gasteiger partial charge in [-0.1, -0.05) is 6.07 Å². The molecule has 0 radical (unpaired) electrons. The molecule has 134 valence electrons. The molecule has 1 aromatic heterocycles. The summed E-state index contributed by atoms with van der Waals surface area (Å²) in [6.45, 7) is 1.59. The molecule has 7 heteroatoms. The molecule has 6 nitrogen and oxygen atoms in total. The number of aromatic amines is 1. The summed E-state index contributed by atoms with van der Waals surface area (Å²) in [4.78, 5) is 12.5. The number of rotatable bonds is 4. The number of H-pyrrole nitrogens is 1. The Morgan fingerprint density at radius 2 is 2.12 bits per heavy atom. The number of nitrogens with zero attached hydrogens (tertiary/aromatic N) is 1. The van der Waals surface area contributed by atoms with E-state index in [4.69, 9.17) is 4.74 Å². The average Bonchev–Trinajstić information content (AvgIpc) is 3.24. The predicted molar refractivity (Wildman–Crippen MR) is 98.5 cm³/mol. The standard InChI is InChI=1S/C18H22N4O2.ClH/c23-18(17-15-11-19-9-8-16(15)21-22-17)20-12-4-3-7-14(10-12)24-13-5-1-2-6-13;/h3-4,7,10,13,19H,1-2,5-6,8-9,11H2,(H,20,23)(H,21,22);1H. The topological polar surface area (TPSA) is 79.0 Å². The zero-order valence-electron chi connectivity index (χ0n) is 14.0. The first kappa shape index (κ1) is 17.8. The first-order chi connectivity index (χ1) is 11.8. The van der Waals surface area contributed by atoms with Crippen LogP contribution in [0.15, 0.2) is 24.3 Å². The van der Waals surface area contributed by atoms with Gasteiger partial charge in [0.1, 0.15) is 5.75 Å². The van der Waals surface area contributed by atoms with Crippen LogP contribution in [-0.2, 0) is 13.0 Å². The van der Waals surface area contributed by atoms with Gasteiger partial charge in [0.15, 0.2) is 5.69 Å². The lowest BCUT2D eigenvalue weighted by Gasteiger charge is -2.14. The molecule has 1 aliphatic carbocycles. The molecule has 2 aliphatic rings. The summed E-state index contributed by atoms with van der Waals surface area (Å²) in [5.41, 5.74) is 3.23. The minimum Gasteiger partial charge on any atom is -0.490 e. The maximum Gasteiger partial charge on any atom is 0.276 e.